The van der Waals surface area contributed by atoms with Crippen LogP contribution in [-0.4, -0.2) is 59.6 Å². The molecule has 1 heterocycles. The van der Waals surface area contributed by atoms with E-state index in [2.05, 4.69) is 20.6 Å². The Labute approximate surface area is 122 Å². The van der Waals surface area contributed by atoms with Crippen molar-refractivity contribution in [1.82, 2.24) is 20.6 Å². The summed E-state index contributed by atoms with van der Waals surface area (Å²) in [4.78, 5) is 29.3. The average molecular weight is 318 g/mol. The Morgan fingerprint density at radius 3 is 2.57 bits per heavy atom. The Kier molecular flexibility index (Phi) is 5.70. The van der Waals surface area contributed by atoms with Crippen LogP contribution in [0.2, 0.25) is 0 Å². The monoisotopic (exact) mass is 318 g/mol. The van der Waals surface area contributed by atoms with E-state index in [9.17, 15) is 18.0 Å². The number of urea groups is 1. The molecule has 0 aliphatic heterocycles. The summed E-state index contributed by atoms with van der Waals surface area (Å²) in [5.41, 5.74) is 0.562. The van der Waals surface area contributed by atoms with Crippen molar-refractivity contribution in [2.45, 2.75) is 25.4 Å². The molecule has 21 heavy (non-hydrogen) atoms. The molecule has 0 saturated heterocycles. The topological polar surface area (TPSA) is 141 Å². The number of carbonyl (C=O) groups is 2. The van der Waals surface area contributed by atoms with E-state index < -0.39 is 33.9 Å². The number of H-pyrrole nitrogens is 1. The van der Waals surface area contributed by atoms with Gasteiger partial charge in [-0.3, -0.25) is 0 Å². The third-order valence-electron chi connectivity index (χ3n) is 2.51. The Morgan fingerprint density at radius 2 is 2.10 bits per heavy atom. The second-order valence-electron chi connectivity index (χ2n) is 4.78. The molecule has 0 aliphatic rings. The van der Waals surface area contributed by atoms with Crippen molar-refractivity contribution in [3.05, 3.63) is 18.2 Å². The second kappa shape index (κ2) is 7.07. The van der Waals surface area contributed by atoms with E-state index >= 15 is 0 Å². The van der Waals surface area contributed by atoms with E-state index in [0.717, 1.165) is 6.26 Å². The third kappa shape index (κ3) is 6.75. The fourth-order valence-electron chi connectivity index (χ4n) is 1.74. The van der Waals surface area contributed by atoms with Crippen LogP contribution in [0.25, 0.3) is 0 Å². The lowest BCUT2D eigenvalue weighted by molar-refractivity contribution is -0.139. The fourth-order valence-corrected chi connectivity index (χ4v) is 2.73. The van der Waals surface area contributed by atoms with Gasteiger partial charge in [-0.1, -0.05) is 0 Å². The van der Waals surface area contributed by atoms with Crippen LogP contribution in [-0.2, 0) is 21.1 Å². The van der Waals surface area contributed by atoms with Gasteiger partial charge >= 0.3 is 12.0 Å². The number of amides is 2. The van der Waals surface area contributed by atoms with E-state index in [1.165, 1.54) is 19.4 Å². The van der Waals surface area contributed by atoms with Gasteiger partial charge in [-0.25, -0.2) is 23.0 Å². The van der Waals surface area contributed by atoms with E-state index in [1.54, 1.807) is 0 Å². The van der Waals surface area contributed by atoms with E-state index in [4.69, 9.17) is 5.11 Å². The summed E-state index contributed by atoms with van der Waals surface area (Å²) in [5.74, 6) is -1.42. The molecule has 118 valence electrons. The molecule has 1 aromatic rings. The SMILES string of the molecule is CC(CS(C)(=O)=O)NC(=O)N[C@H](Cc1cnc[nH]1)C(=O)O. The lowest BCUT2D eigenvalue weighted by Gasteiger charge is -2.17. The number of sulfone groups is 1. The van der Waals surface area contributed by atoms with Gasteiger partial charge in [0.2, 0.25) is 0 Å². The van der Waals surface area contributed by atoms with Gasteiger partial charge in [0, 0.05) is 30.6 Å². The lowest BCUT2D eigenvalue weighted by Crippen LogP contribution is -2.50. The first kappa shape index (κ1) is 17.0. The minimum atomic E-state index is -3.23. The molecule has 2 amide bonds. The maximum atomic E-state index is 11.7. The molecular weight excluding hydrogens is 300 g/mol. The molecular formula is C11H18N4O5S. The maximum absolute atomic E-state index is 11.7. The van der Waals surface area contributed by atoms with Crippen molar-refractivity contribution in [2.75, 3.05) is 12.0 Å². The molecule has 0 saturated carbocycles. The van der Waals surface area contributed by atoms with Crippen molar-refractivity contribution in [3.63, 3.8) is 0 Å². The molecule has 0 bridgehead atoms. The number of nitrogens with one attached hydrogen (secondary N) is 3. The molecule has 0 radical (unpaired) electrons. The van der Waals surface area contributed by atoms with Gasteiger partial charge in [-0.05, 0) is 6.92 Å². The molecule has 0 fully saturated rings. The first-order valence-electron chi connectivity index (χ1n) is 6.12. The highest BCUT2D eigenvalue weighted by atomic mass is 32.2. The largest absolute Gasteiger partial charge is 0.480 e. The van der Waals surface area contributed by atoms with Crippen molar-refractivity contribution < 1.29 is 23.1 Å². The second-order valence-corrected chi connectivity index (χ2v) is 6.97. The number of carboxylic acids is 1. The predicted octanol–water partition coefficient (Wildman–Crippen LogP) is -0.862. The number of imidazole rings is 1. The standard InChI is InChI=1S/C11H18N4O5S/c1-7(5-21(2,19)20)14-11(18)15-9(10(16)17)3-8-4-12-6-13-8/h4,6-7,9H,3,5H2,1-2H3,(H,12,13)(H,16,17)(H2,14,15,18)/t7?,9-/m1/s1. The quantitative estimate of drug-likeness (QED) is 0.515. The summed E-state index contributed by atoms with van der Waals surface area (Å²) in [6, 6.07) is -2.50. The number of hydrogen-bond donors (Lipinski definition) is 4. The van der Waals surface area contributed by atoms with Gasteiger partial charge in [0.25, 0.3) is 0 Å². The van der Waals surface area contributed by atoms with Gasteiger partial charge in [0.15, 0.2) is 0 Å². The number of hydrogen-bond acceptors (Lipinski definition) is 5. The van der Waals surface area contributed by atoms with E-state index in [-0.39, 0.29) is 12.2 Å². The molecule has 0 aliphatic carbocycles. The molecule has 10 heteroatoms. The van der Waals surface area contributed by atoms with Crippen molar-refractivity contribution in [1.29, 1.82) is 0 Å². The number of aliphatic carboxylic acids is 1. The normalized spacial score (nSPS) is 14.2. The minimum Gasteiger partial charge on any atom is -0.480 e. The number of aromatic amines is 1. The van der Waals surface area contributed by atoms with Crippen LogP contribution >= 0.6 is 0 Å². The summed E-state index contributed by atoms with van der Waals surface area (Å²) < 4.78 is 22.2. The molecule has 1 rings (SSSR count). The Hall–Kier alpha value is -2.10. The summed E-state index contributed by atoms with van der Waals surface area (Å²) in [6.45, 7) is 1.52. The predicted molar refractivity (Wildman–Crippen MR) is 74.6 cm³/mol. The highest BCUT2D eigenvalue weighted by molar-refractivity contribution is 7.90. The van der Waals surface area contributed by atoms with Crippen LogP contribution in [0.5, 0.6) is 0 Å². The molecule has 0 spiro atoms. The lowest BCUT2D eigenvalue weighted by atomic mass is 10.2. The molecule has 0 aromatic carbocycles. The summed E-state index contributed by atoms with van der Waals surface area (Å²) in [6.07, 6.45) is 3.97. The Bertz CT molecular complexity index is 584. The molecule has 4 N–H and O–H groups in total. The van der Waals surface area contributed by atoms with Gasteiger partial charge in [0.05, 0.1) is 12.1 Å². The Balaban J connectivity index is 2.55. The zero-order valence-corrected chi connectivity index (χ0v) is 12.5. The molecule has 9 nitrogen and oxygen atoms in total. The van der Waals surface area contributed by atoms with Crippen molar-refractivity contribution in [3.8, 4) is 0 Å². The summed E-state index contributed by atoms with van der Waals surface area (Å²) in [7, 11) is -3.23. The number of rotatable bonds is 7. The minimum absolute atomic E-state index is 0.0449. The van der Waals surface area contributed by atoms with Gasteiger partial charge < -0.3 is 20.7 Å². The van der Waals surface area contributed by atoms with Gasteiger partial charge in [-0.2, -0.15) is 0 Å². The number of aromatic nitrogens is 2. The van der Waals surface area contributed by atoms with Crippen LogP contribution in [0.1, 0.15) is 12.6 Å². The first-order valence-corrected chi connectivity index (χ1v) is 8.18. The first-order chi connectivity index (χ1) is 9.67. The summed E-state index contributed by atoms with van der Waals surface area (Å²) in [5, 5.41) is 13.7. The zero-order chi connectivity index (χ0) is 16.0. The molecule has 1 unspecified atom stereocenters. The average Bonchev–Trinajstić information content (AvgIpc) is 2.77. The van der Waals surface area contributed by atoms with Crippen LogP contribution < -0.4 is 10.6 Å². The Morgan fingerprint density at radius 1 is 1.43 bits per heavy atom. The highest BCUT2D eigenvalue weighted by Gasteiger charge is 2.22. The van der Waals surface area contributed by atoms with Gasteiger partial charge in [0.1, 0.15) is 15.9 Å². The van der Waals surface area contributed by atoms with Crippen molar-refractivity contribution >= 4 is 21.8 Å². The maximum Gasteiger partial charge on any atom is 0.326 e. The van der Waals surface area contributed by atoms with Crippen LogP contribution in [0.15, 0.2) is 12.5 Å². The molecule has 1 aromatic heterocycles. The van der Waals surface area contributed by atoms with Crippen molar-refractivity contribution in [2.24, 2.45) is 0 Å². The summed E-state index contributed by atoms with van der Waals surface area (Å²) >= 11 is 0. The number of carboxylic acid groups (broad SMARTS) is 1. The van der Waals surface area contributed by atoms with E-state index in [0.29, 0.717) is 5.69 Å². The van der Waals surface area contributed by atoms with Crippen LogP contribution in [0.4, 0.5) is 4.79 Å². The van der Waals surface area contributed by atoms with E-state index in [1.807, 2.05) is 0 Å². The van der Waals surface area contributed by atoms with Crippen LogP contribution in [0, 0.1) is 0 Å². The van der Waals surface area contributed by atoms with Gasteiger partial charge in [-0.15, -0.1) is 0 Å². The van der Waals surface area contributed by atoms with Crippen LogP contribution in [0.3, 0.4) is 0 Å². The third-order valence-corrected chi connectivity index (χ3v) is 3.62. The number of carbonyl (C=O) groups excluding carboxylic acids is 1. The highest BCUT2D eigenvalue weighted by Crippen LogP contribution is 1.99. The fraction of sp³-hybridized carbons (Fsp3) is 0.545. The molecule has 2 atom stereocenters. The smallest absolute Gasteiger partial charge is 0.326 e. The zero-order valence-electron chi connectivity index (χ0n) is 11.7. The number of nitrogens with zero attached hydrogens (tertiary/aromatic N) is 1.